The topological polar surface area (TPSA) is 18.5 Å². The lowest BCUT2D eigenvalue weighted by Crippen LogP contribution is -1.90. The van der Waals surface area contributed by atoms with Crippen molar-refractivity contribution in [3.05, 3.63) is 119 Å². The summed E-state index contributed by atoms with van der Waals surface area (Å²) in [6, 6.07) is 33.0. The highest BCUT2D eigenvalue weighted by atomic mass is 16.5. The number of rotatable bonds is 7. The molecule has 36 heavy (non-hydrogen) atoms. The fourth-order valence-corrected chi connectivity index (χ4v) is 3.64. The number of benzene rings is 4. The third-order valence-electron chi connectivity index (χ3n) is 6.13. The molecule has 0 aliphatic heterocycles. The maximum absolute atomic E-state index is 5.85. The Kier molecular flexibility index (Phi) is 9.76. The molecule has 0 bridgehead atoms. The summed E-state index contributed by atoms with van der Waals surface area (Å²) in [5.41, 5.74) is 5.25. The van der Waals surface area contributed by atoms with E-state index in [4.69, 9.17) is 9.47 Å². The van der Waals surface area contributed by atoms with Crippen molar-refractivity contribution < 1.29 is 9.47 Å². The Morgan fingerprint density at radius 3 is 0.806 bits per heavy atom. The maximum Gasteiger partial charge on any atom is 0.127 e. The van der Waals surface area contributed by atoms with Gasteiger partial charge in [0.1, 0.15) is 23.0 Å². The average molecular weight is 481 g/mol. The molecule has 0 aliphatic rings. The van der Waals surface area contributed by atoms with Gasteiger partial charge in [-0.05, 0) is 89.9 Å². The zero-order chi connectivity index (χ0) is 26.1. The Bertz CT molecular complexity index is 1120. The molecule has 0 saturated heterocycles. The van der Waals surface area contributed by atoms with E-state index in [1.807, 2.05) is 48.5 Å². The Balaban J connectivity index is 0.000000202. The molecule has 2 nitrogen and oxygen atoms in total. The molecule has 0 unspecified atom stereocenters. The summed E-state index contributed by atoms with van der Waals surface area (Å²) in [7, 11) is 0. The summed E-state index contributed by atoms with van der Waals surface area (Å²) in [4.78, 5) is 0. The molecule has 0 heterocycles. The van der Waals surface area contributed by atoms with Crippen LogP contribution in [0.15, 0.2) is 97.1 Å². The molecule has 0 radical (unpaired) electrons. The quantitative estimate of drug-likeness (QED) is 0.262. The third kappa shape index (κ3) is 8.30. The minimum Gasteiger partial charge on any atom is -0.457 e. The van der Waals surface area contributed by atoms with E-state index in [1.165, 1.54) is 22.3 Å². The van der Waals surface area contributed by atoms with Crippen molar-refractivity contribution in [3.63, 3.8) is 0 Å². The van der Waals surface area contributed by atoms with Crippen LogP contribution >= 0.6 is 0 Å². The van der Waals surface area contributed by atoms with Crippen molar-refractivity contribution in [2.45, 2.75) is 66.2 Å². The summed E-state index contributed by atoms with van der Waals surface area (Å²) in [6.07, 6.45) is 0. The van der Waals surface area contributed by atoms with Crippen molar-refractivity contribution >= 4 is 0 Å². The first-order valence-electron chi connectivity index (χ1n) is 12.9. The standard InChI is InChI=1S/C18H22O.C16H18O/c1-13(2)15-5-9-17(10-6-15)19-18-11-7-16(8-12-18)14(3)4;1-12(2)14-6-10-16(11-7-14)17-15-8-4-13(3)5-9-15/h5-14H,1-4H3;4-12H,1-3H3. The molecular weight excluding hydrogens is 440 g/mol. The molecule has 0 spiro atoms. The highest BCUT2D eigenvalue weighted by Gasteiger charge is 2.03. The second-order valence-corrected chi connectivity index (χ2v) is 10.2. The lowest BCUT2D eigenvalue weighted by atomic mass is 10.0. The summed E-state index contributed by atoms with van der Waals surface area (Å²) in [5, 5.41) is 0. The first kappa shape index (κ1) is 27.1. The minimum atomic E-state index is 0.555. The van der Waals surface area contributed by atoms with E-state index in [2.05, 4.69) is 97.0 Å². The molecule has 0 N–H and O–H groups in total. The molecule has 0 aliphatic carbocycles. The van der Waals surface area contributed by atoms with Crippen molar-refractivity contribution in [2.75, 3.05) is 0 Å². The van der Waals surface area contributed by atoms with Crippen LogP contribution in [0.5, 0.6) is 23.0 Å². The summed E-state index contributed by atoms with van der Waals surface area (Å²) >= 11 is 0. The van der Waals surface area contributed by atoms with Crippen LogP contribution in [0.3, 0.4) is 0 Å². The van der Waals surface area contributed by atoms with E-state index < -0.39 is 0 Å². The van der Waals surface area contributed by atoms with Gasteiger partial charge < -0.3 is 9.47 Å². The second kappa shape index (κ2) is 13.0. The van der Waals surface area contributed by atoms with Gasteiger partial charge >= 0.3 is 0 Å². The molecule has 0 saturated carbocycles. The van der Waals surface area contributed by atoms with Crippen molar-refractivity contribution in [3.8, 4) is 23.0 Å². The summed E-state index contributed by atoms with van der Waals surface area (Å²) < 4.78 is 11.6. The van der Waals surface area contributed by atoms with Crippen LogP contribution in [0.4, 0.5) is 0 Å². The van der Waals surface area contributed by atoms with Crippen LogP contribution in [0.25, 0.3) is 0 Å². The normalized spacial score (nSPS) is 10.8. The Labute approximate surface area is 217 Å². The van der Waals surface area contributed by atoms with Crippen LogP contribution < -0.4 is 9.47 Å². The van der Waals surface area contributed by atoms with Gasteiger partial charge in [-0.2, -0.15) is 0 Å². The lowest BCUT2D eigenvalue weighted by Gasteiger charge is -2.10. The van der Waals surface area contributed by atoms with Gasteiger partial charge in [-0.3, -0.25) is 0 Å². The SMILES string of the molecule is CC(C)c1ccc(Oc2ccc(C(C)C)cc2)cc1.Cc1ccc(Oc2ccc(C(C)C)cc2)cc1. The largest absolute Gasteiger partial charge is 0.457 e. The van der Waals surface area contributed by atoms with Gasteiger partial charge in [-0.15, -0.1) is 0 Å². The van der Waals surface area contributed by atoms with E-state index in [9.17, 15) is 0 Å². The highest BCUT2D eigenvalue weighted by molar-refractivity contribution is 5.36. The van der Waals surface area contributed by atoms with E-state index in [0.717, 1.165) is 23.0 Å². The zero-order valence-corrected chi connectivity index (χ0v) is 22.8. The fourth-order valence-electron chi connectivity index (χ4n) is 3.64. The van der Waals surface area contributed by atoms with Gasteiger partial charge in [0.15, 0.2) is 0 Å². The van der Waals surface area contributed by atoms with Crippen LogP contribution in [-0.4, -0.2) is 0 Å². The van der Waals surface area contributed by atoms with Crippen molar-refractivity contribution in [2.24, 2.45) is 0 Å². The Morgan fingerprint density at radius 2 is 0.583 bits per heavy atom. The van der Waals surface area contributed by atoms with Gasteiger partial charge in [-0.1, -0.05) is 95.6 Å². The summed E-state index contributed by atoms with van der Waals surface area (Å²) in [5.74, 6) is 5.22. The Hall–Kier alpha value is -3.52. The van der Waals surface area contributed by atoms with Crippen LogP contribution in [0.1, 0.15) is 81.5 Å². The molecule has 0 amide bonds. The van der Waals surface area contributed by atoms with Gasteiger partial charge in [0.2, 0.25) is 0 Å². The van der Waals surface area contributed by atoms with Gasteiger partial charge in [0.25, 0.3) is 0 Å². The molecular formula is C34H40O2. The van der Waals surface area contributed by atoms with Crippen LogP contribution in [0, 0.1) is 6.92 Å². The number of ether oxygens (including phenoxy) is 2. The molecule has 4 aromatic rings. The second-order valence-electron chi connectivity index (χ2n) is 10.2. The molecule has 4 aromatic carbocycles. The first-order chi connectivity index (χ1) is 17.2. The van der Waals surface area contributed by atoms with E-state index in [-0.39, 0.29) is 0 Å². The van der Waals surface area contributed by atoms with E-state index in [0.29, 0.717) is 17.8 Å². The first-order valence-corrected chi connectivity index (χ1v) is 12.9. The molecule has 0 aromatic heterocycles. The molecule has 0 fully saturated rings. The molecule has 2 heteroatoms. The fraction of sp³-hybridized carbons (Fsp3) is 0.294. The molecule has 4 rings (SSSR count). The lowest BCUT2D eigenvalue weighted by molar-refractivity contribution is 0.482. The van der Waals surface area contributed by atoms with Crippen molar-refractivity contribution in [1.82, 2.24) is 0 Å². The average Bonchev–Trinajstić information content (AvgIpc) is 2.87. The predicted molar refractivity (Wildman–Crippen MR) is 153 cm³/mol. The Morgan fingerprint density at radius 1 is 0.361 bits per heavy atom. The van der Waals surface area contributed by atoms with Crippen LogP contribution in [-0.2, 0) is 0 Å². The highest BCUT2D eigenvalue weighted by Crippen LogP contribution is 2.26. The summed E-state index contributed by atoms with van der Waals surface area (Å²) in [6.45, 7) is 15.2. The number of hydrogen-bond acceptors (Lipinski definition) is 2. The minimum absolute atomic E-state index is 0.555. The molecule has 0 atom stereocenters. The maximum atomic E-state index is 5.85. The van der Waals surface area contributed by atoms with Crippen LogP contribution in [0.2, 0.25) is 0 Å². The monoisotopic (exact) mass is 480 g/mol. The van der Waals surface area contributed by atoms with Gasteiger partial charge in [0, 0.05) is 0 Å². The predicted octanol–water partition coefficient (Wildman–Crippen LogP) is 10.6. The number of aryl methyl sites for hydroxylation is 1. The smallest absolute Gasteiger partial charge is 0.127 e. The van der Waals surface area contributed by atoms with Gasteiger partial charge in [-0.25, -0.2) is 0 Å². The third-order valence-corrected chi connectivity index (χ3v) is 6.13. The number of hydrogen-bond donors (Lipinski definition) is 0. The van der Waals surface area contributed by atoms with E-state index in [1.54, 1.807) is 0 Å². The molecule has 188 valence electrons. The van der Waals surface area contributed by atoms with Gasteiger partial charge in [0.05, 0.1) is 0 Å². The zero-order valence-electron chi connectivity index (χ0n) is 22.8. The van der Waals surface area contributed by atoms with Crippen molar-refractivity contribution in [1.29, 1.82) is 0 Å². The van der Waals surface area contributed by atoms with E-state index >= 15 is 0 Å².